The number of para-hydroxylation sites is 1. The van der Waals surface area contributed by atoms with Crippen LogP contribution in [0.5, 0.6) is 0 Å². The normalized spacial score (nSPS) is 15.2. The molecule has 1 aliphatic heterocycles. The lowest BCUT2D eigenvalue weighted by atomic mass is 9.86. The third-order valence-electron chi connectivity index (χ3n) is 5.96. The smallest absolute Gasteiger partial charge is 0.251 e. The summed E-state index contributed by atoms with van der Waals surface area (Å²) in [6, 6.07) is 11.8. The van der Waals surface area contributed by atoms with E-state index < -0.39 is 0 Å². The second-order valence-corrected chi connectivity index (χ2v) is 11.0. The van der Waals surface area contributed by atoms with Crippen LogP contribution in [-0.2, 0) is 16.8 Å². The number of nitrogens with zero attached hydrogens (tertiary/aromatic N) is 1. The zero-order chi connectivity index (χ0) is 24.7. The Bertz CT molecular complexity index is 1030. The SMILES string of the molecule is C=C(S/C=C(\C)C(=O)Nc1ccccc1C(C)(C)C)C1CCN(C(=S)NCc2ccco2)CC1. The lowest BCUT2D eigenvalue weighted by Gasteiger charge is -2.34. The largest absolute Gasteiger partial charge is 0.467 e. The van der Waals surface area contributed by atoms with Gasteiger partial charge in [-0.15, -0.1) is 11.8 Å². The van der Waals surface area contributed by atoms with E-state index in [0.717, 1.165) is 53.0 Å². The molecule has 34 heavy (non-hydrogen) atoms. The van der Waals surface area contributed by atoms with Crippen molar-refractivity contribution in [1.82, 2.24) is 10.2 Å². The Hall–Kier alpha value is -2.51. The van der Waals surface area contributed by atoms with Crippen LogP contribution >= 0.6 is 24.0 Å². The van der Waals surface area contributed by atoms with Crippen molar-refractivity contribution < 1.29 is 9.21 Å². The molecule has 0 bridgehead atoms. The monoisotopic (exact) mass is 497 g/mol. The second-order valence-electron chi connectivity index (χ2n) is 9.63. The van der Waals surface area contributed by atoms with E-state index in [2.05, 4.69) is 49.0 Å². The number of likely N-dealkylation sites (tertiary alicyclic amines) is 1. The van der Waals surface area contributed by atoms with E-state index >= 15 is 0 Å². The highest BCUT2D eigenvalue weighted by molar-refractivity contribution is 8.05. The second kappa shape index (κ2) is 11.8. The Kier molecular flexibility index (Phi) is 9.03. The standard InChI is InChI=1S/C27H35N3O2S2/c1-19(25(31)29-24-11-7-6-10-23(24)27(3,4)5)18-34-20(2)21-12-14-30(15-13-21)26(33)28-17-22-9-8-16-32-22/h6-11,16,18,21H,2,12-15,17H2,1,3-5H3,(H,28,33)(H,29,31)/b19-18+. The van der Waals surface area contributed by atoms with E-state index in [-0.39, 0.29) is 11.3 Å². The average molecular weight is 498 g/mol. The van der Waals surface area contributed by atoms with Crippen LogP contribution in [0.15, 0.2) is 69.5 Å². The molecular formula is C27H35N3O2S2. The average Bonchev–Trinajstić information content (AvgIpc) is 3.34. The van der Waals surface area contributed by atoms with Gasteiger partial charge in [0.15, 0.2) is 5.11 Å². The molecular weight excluding hydrogens is 462 g/mol. The van der Waals surface area contributed by atoms with Gasteiger partial charge >= 0.3 is 0 Å². The maximum absolute atomic E-state index is 12.8. The first-order chi connectivity index (χ1) is 16.1. The minimum Gasteiger partial charge on any atom is -0.467 e. The molecule has 1 amide bonds. The molecule has 1 aromatic heterocycles. The van der Waals surface area contributed by atoms with Crippen molar-refractivity contribution in [3.8, 4) is 0 Å². The van der Waals surface area contributed by atoms with E-state index in [4.69, 9.17) is 16.6 Å². The van der Waals surface area contributed by atoms with Crippen molar-refractivity contribution in [1.29, 1.82) is 0 Å². The number of allylic oxidation sites excluding steroid dienone is 1. The summed E-state index contributed by atoms with van der Waals surface area (Å²) in [5.41, 5.74) is 2.61. The number of anilines is 1. The Balaban J connectivity index is 1.46. The van der Waals surface area contributed by atoms with E-state index in [1.54, 1.807) is 18.0 Å². The minimum absolute atomic E-state index is 0.0456. The third-order valence-corrected chi connectivity index (χ3v) is 7.47. The Morgan fingerprint density at radius 2 is 1.94 bits per heavy atom. The first-order valence-electron chi connectivity index (χ1n) is 11.6. The molecule has 2 heterocycles. The molecule has 1 aromatic carbocycles. The summed E-state index contributed by atoms with van der Waals surface area (Å²) in [4.78, 5) is 16.1. The quantitative estimate of drug-likeness (QED) is 0.338. The molecule has 1 saturated heterocycles. The van der Waals surface area contributed by atoms with Crippen molar-refractivity contribution in [2.45, 2.75) is 52.5 Å². The first-order valence-corrected chi connectivity index (χ1v) is 12.9. The number of carbonyl (C=O) groups excluding carboxylic acids is 1. The molecule has 1 aliphatic rings. The van der Waals surface area contributed by atoms with Crippen LogP contribution in [0.3, 0.4) is 0 Å². The maximum Gasteiger partial charge on any atom is 0.251 e. The number of carbonyl (C=O) groups is 1. The predicted octanol–water partition coefficient (Wildman–Crippen LogP) is 6.45. The summed E-state index contributed by atoms with van der Waals surface area (Å²) in [5, 5.41) is 9.02. The summed E-state index contributed by atoms with van der Waals surface area (Å²) in [5.74, 6) is 1.19. The van der Waals surface area contributed by atoms with Crippen molar-refractivity contribution in [3.05, 3.63) is 76.5 Å². The molecule has 3 rings (SSSR count). The first kappa shape index (κ1) is 26.1. The van der Waals surface area contributed by atoms with E-state index in [1.807, 2.05) is 42.7 Å². The fourth-order valence-electron chi connectivity index (χ4n) is 3.87. The van der Waals surface area contributed by atoms with Gasteiger partial charge in [-0.05, 0) is 77.4 Å². The van der Waals surface area contributed by atoms with E-state index in [1.165, 1.54) is 0 Å². The summed E-state index contributed by atoms with van der Waals surface area (Å²) >= 11 is 7.10. The van der Waals surface area contributed by atoms with Gasteiger partial charge < -0.3 is 20.0 Å². The van der Waals surface area contributed by atoms with Crippen LogP contribution in [0, 0.1) is 5.92 Å². The molecule has 0 radical (unpaired) electrons. The van der Waals surface area contributed by atoms with Crippen molar-refractivity contribution in [3.63, 3.8) is 0 Å². The molecule has 0 unspecified atom stereocenters. The number of thioether (sulfide) groups is 1. The number of nitrogens with one attached hydrogen (secondary N) is 2. The van der Waals surface area contributed by atoms with Gasteiger partial charge in [-0.3, -0.25) is 4.79 Å². The summed E-state index contributed by atoms with van der Waals surface area (Å²) in [7, 11) is 0. The van der Waals surface area contributed by atoms with Gasteiger partial charge in [0, 0.05) is 24.4 Å². The Morgan fingerprint density at radius 1 is 1.24 bits per heavy atom. The lowest BCUT2D eigenvalue weighted by molar-refractivity contribution is -0.112. The number of hydrogen-bond donors (Lipinski definition) is 2. The molecule has 5 nitrogen and oxygen atoms in total. The lowest BCUT2D eigenvalue weighted by Crippen LogP contribution is -2.44. The summed E-state index contributed by atoms with van der Waals surface area (Å²) < 4.78 is 5.35. The van der Waals surface area contributed by atoms with Crippen molar-refractivity contribution in [2.24, 2.45) is 5.92 Å². The van der Waals surface area contributed by atoms with E-state index in [9.17, 15) is 4.79 Å². The molecule has 0 aliphatic carbocycles. The Labute approximate surface area is 213 Å². The van der Waals surface area contributed by atoms with Crippen LogP contribution in [0.25, 0.3) is 0 Å². The number of piperidine rings is 1. The van der Waals surface area contributed by atoms with E-state index in [0.29, 0.717) is 18.0 Å². The zero-order valence-electron chi connectivity index (χ0n) is 20.5. The number of furan rings is 1. The van der Waals surface area contributed by atoms with Gasteiger partial charge in [-0.1, -0.05) is 45.5 Å². The topological polar surface area (TPSA) is 57.5 Å². The van der Waals surface area contributed by atoms with Crippen LogP contribution in [0.2, 0.25) is 0 Å². The van der Waals surface area contributed by atoms with Crippen LogP contribution < -0.4 is 10.6 Å². The molecule has 1 fully saturated rings. The zero-order valence-corrected chi connectivity index (χ0v) is 22.2. The van der Waals surface area contributed by atoms with Gasteiger partial charge in [0.2, 0.25) is 0 Å². The van der Waals surface area contributed by atoms with Gasteiger partial charge in [-0.25, -0.2) is 0 Å². The molecule has 7 heteroatoms. The molecule has 0 atom stereocenters. The van der Waals surface area contributed by atoms with Crippen molar-refractivity contribution in [2.75, 3.05) is 18.4 Å². The fraction of sp³-hybridized carbons (Fsp3) is 0.407. The van der Waals surface area contributed by atoms with Crippen LogP contribution in [0.4, 0.5) is 5.69 Å². The molecule has 2 N–H and O–H groups in total. The van der Waals surface area contributed by atoms with Gasteiger partial charge in [-0.2, -0.15) is 0 Å². The number of benzene rings is 1. The highest BCUT2D eigenvalue weighted by Crippen LogP contribution is 2.33. The molecule has 182 valence electrons. The highest BCUT2D eigenvalue weighted by Gasteiger charge is 2.23. The Morgan fingerprint density at radius 3 is 2.59 bits per heavy atom. The van der Waals surface area contributed by atoms with Gasteiger partial charge in [0.25, 0.3) is 5.91 Å². The van der Waals surface area contributed by atoms with Crippen molar-refractivity contribution >= 4 is 40.7 Å². The summed E-state index contributed by atoms with van der Waals surface area (Å²) in [6.45, 7) is 15.0. The fourth-order valence-corrected chi connectivity index (χ4v) is 4.99. The molecule has 2 aromatic rings. The highest BCUT2D eigenvalue weighted by atomic mass is 32.2. The summed E-state index contributed by atoms with van der Waals surface area (Å²) in [6.07, 6.45) is 3.65. The number of rotatable bonds is 7. The minimum atomic E-state index is -0.0835. The molecule has 0 spiro atoms. The number of thiocarbonyl (C=S) groups is 1. The third kappa shape index (κ3) is 7.24. The predicted molar refractivity (Wildman–Crippen MR) is 147 cm³/mol. The molecule has 0 saturated carbocycles. The number of amides is 1. The van der Waals surface area contributed by atoms with Gasteiger partial charge in [0.1, 0.15) is 5.76 Å². The number of hydrogen-bond acceptors (Lipinski definition) is 4. The van der Waals surface area contributed by atoms with Gasteiger partial charge in [0.05, 0.1) is 12.8 Å². The van der Waals surface area contributed by atoms with Crippen LogP contribution in [0.1, 0.15) is 51.9 Å². The maximum atomic E-state index is 12.8. The van der Waals surface area contributed by atoms with Crippen LogP contribution in [-0.4, -0.2) is 29.0 Å².